The molecule has 3 heterocycles. The van der Waals surface area contributed by atoms with Gasteiger partial charge in [0.25, 0.3) is 0 Å². The van der Waals surface area contributed by atoms with Gasteiger partial charge in [0.1, 0.15) is 4.92 Å². The summed E-state index contributed by atoms with van der Waals surface area (Å²) in [4.78, 5) is 13.9. The number of rotatable bonds is 4. The first-order valence-electron chi connectivity index (χ1n) is 6.01. The van der Waals surface area contributed by atoms with Gasteiger partial charge in [-0.2, -0.15) is 14.9 Å². The van der Waals surface area contributed by atoms with Crippen molar-refractivity contribution in [2.24, 2.45) is 5.10 Å². The van der Waals surface area contributed by atoms with E-state index in [2.05, 4.69) is 20.3 Å². The monoisotopic (exact) mass is 316 g/mol. The molecule has 0 radical (unpaired) electrons. The fourth-order valence-electron chi connectivity index (χ4n) is 1.71. The van der Waals surface area contributed by atoms with Crippen LogP contribution in [0.4, 0.5) is 5.88 Å². The fraction of sp³-hybridized carbons (Fsp3) is 0. The Morgan fingerprint density at radius 1 is 1.45 bits per heavy atom. The van der Waals surface area contributed by atoms with Gasteiger partial charge in [-0.3, -0.25) is 15.1 Å². The van der Waals surface area contributed by atoms with Crippen LogP contribution in [0.3, 0.4) is 0 Å². The minimum Gasteiger partial charge on any atom is -0.400 e. The molecule has 0 saturated heterocycles. The van der Waals surface area contributed by atoms with Gasteiger partial charge in [0.05, 0.1) is 12.3 Å². The zero-order valence-electron chi connectivity index (χ0n) is 10.9. The molecule has 0 unspecified atom stereocenters. The lowest BCUT2D eigenvalue weighted by molar-refractivity contribution is -0.402. The van der Waals surface area contributed by atoms with Crippen LogP contribution < -0.4 is 0 Å². The van der Waals surface area contributed by atoms with Gasteiger partial charge < -0.3 is 4.42 Å². The van der Waals surface area contributed by atoms with E-state index in [9.17, 15) is 10.1 Å². The van der Waals surface area contributed by atoms with E-state index >= 15 is 0 Å². The fourth-order valence-corrected chi connectivity index (χ4v) is 1.88. The molecule has 3 aromatic rings. The maximum atomic E-state index is 10.6. The Morgan fingerprint density at radius 2 is 2.32 bits per heavy atom. The minimum absolute atomic E-state index is 0.229. The molecule has 10 heteroatoms. The summed E-state index contributed by atoms with van der Waals surface area (Å²) in [5, 5.41) is 21.4. The van der Waals surface area contributed by atoms with E-state index in [0.29, 0.717) is 5.82 Å². The molecule has 0 saturated carbocycles. The number of aromatic amines is 1. The lowest BCUT2D eigenvalue weighted by atomic mass is 10.3. The van der Waals surface area contributed by atoms with Crippen molar-refractivity contribution in [3.63, 3.8) is 0 Å². The highest BCUT2D eigenvalue weighted by Crippen LogP contribution is 2.16. The molecular formula is C12H8N6O3S. The van der Waals surface area contributed by atoms with Crippen LogP contribution in [-0.2, 0) is 0 Å². The first-order valence-corrected chi connectivity index (χ1v) is 6.42. The van der Waals surface area contributed by atoms with Gasteiger partial charge in [-0.25, -0.2) is 5.10 Å². The van der Waals surface area contributed by atoms with Crippen molar-refractivity contribution in [3.8, 4) is 11.4 Å². The van der Waals surface area contributed by atoms with Crippen molar-refractivity contribution >= 4 is 24.3 Å². The van der Waals surface area contributed by atoms with Gasteiger partial charge in [-0.15, -0.1) is 0 Å². The molecular weight excluding hydrogens is 308 g/mol. The third-order valence-corrected chi connectivity index (χ3v) is 2.93. The summed E-state index contributed by atoms with van der Waals surface area (Å²) in [6, 6.07) is 6.26. The maximum absolute atomic E-state index is 10.6. The average Bonchev–Trinajstić information content (AvgIpc) is 3.13. The molecule has 110 valence electrons. The Kier molecular flexibility index (Phi) is 3.58. The summed E-state index contributed by atoms with van der Waals surface area (Å²) in [5.41, 5.74) is 0.720. The van der Waals surface area contributed by atoms with Crippen molar-refractivity contribution in [2.45, 2.75) is 0 Å². The largest absolute Gasteiger partial charge is 0.433 e. The van der Waals surface area contributed by atoms with Gasteiger partial charge >= 0.3 is 5.88 Å². The second-order valence-corrected chi connectivity index (χ2v) is 4.47. The van der Waals surface area contributed by atoms with E-state index in [-0.39, 0.29) is 16.4 Å². The molecule has 0 bridgehead atoms. The first-order chi connectivity index (χ1) is 10.6. The minimum atomic E-state index is -0.623. The van der Waals surface area contributed by atoms with Crippen LogP contribution in [0, 0.1) is 14.9 Å². The zero-order chi connectivity index (χ0) is 15.5. The van der Waals surface area contributed by atoms with Crippen LogP contribution in [0.5, 0.6) is 0 Å². The highest BCUT2D eigenvalue weighted by Gasteiger charge is 2.11. The van der Waals surface area contributed by atoms with E-state index in [1.807, 2.05) is 6.07 Å². The van der Waals surface area contributed by atoms with Crippen LogP contribution >= 0.6 is 12.2 Å². The number of aromatic nitrogens is 4. The molecule has 0 spiro atoms. The predicted octanol–water partition coefficient (Wildman–Crippen LogP) is 2.39. The highest BCUT2D eigenvalue weighted by molar-refractivity contribution is 7.71. The van der Waals surface area contributed by atoms with Crippen molar-refractivity contribution in [1.29, 1.82) is 0 Å². The van der Waals surface area contributed by atoms with Crippen LogP contribution in [-0.4, -0.2) is 31.0 Å². The van der Waals surface area contributed by atoms with Crippen molar-refractivity contribution in [3.05, 3.63) is 57.3 Å². The molecule has 0 fully saturated rings. The third kappa shape index (κ3) is 2.67. The second-order valence-electron chi connectivity index (χ2n) is 4.08. The van der Waals surface area contributed by atoms with Gasteiger partial charge in [0.2, 0.25) is 4.77 Å². The van der Waals surface area contributed by atoms with Gasteiger partial charge in [0.15, 0.2) is 11.6 Å². The number of nitrogens with zero attached hydrogens (tertiary/aromatic N) is 5. The Bertz CT molecular complexity index is 895. The Labute approximate surface area is 128 Å². The Hall–Kier alpha value is -3.14. The number of pyridine rings is 1. The number of hydrogen-bond acceptors (Lipinski definition) is 7. The lowest BCUT2D eigenvalue weighted by Gasteiger charge is -1.99. The summed E-state index contributed by atoms with van der Waals surface area (Å²) in [6.07, 6.45) is 4.58. The van der Waals surface area contributed by atoms with Crippen LogP contribution in [0.2, 0.25) is 0 Å². The van der Waals surface area contributed by atoms with Crippen LogP contribution in [0.1, 0.15) is 5.76 Å². The van der Waals surface area contributed by atoms with Gasteiger partial charge in [-0.1, -0.05) is 0 Å². The molecule has 0 atom stereocenters. The average molecular weight is 316 g/mol. The molecule has 0 aromatic carbocycles. The molecule has 0 aliphatic carbocycles. The third-order valence-electron chi connectivity index (χ3n) is 2.66. The molecule has 1 N–H and O–H groups in total. The zero-order valence-corrected chi connectivity index (χ0v) is 11.7. The number of hydrogen-bond donors (Lipinski definition) is 1. The molecule has 0 amide bonds. The summed E-state index contributed by atoms with van der Waals surface area (Å²) in [6.45, 7) is 0. The van der Waals surface area contributed by atoms with E-state index < -0.39 is 4.92 Å². The van der Waals surface area contributed by atoms with E-state index in [1.165, 1.54) is 23.0 Å². The maximum Gasteiger partial charge on any atom is 0.433 e. The van der Waals surface area contributed by atoms with Crippen LogP contribution in [0.15, 0.2) is 46.2 Å². The molecule has 9 nitrogen and oxygen atoms in total. The molecule has 3 rings (SSSR count). The lowest BCUT2D eigenvalue weighted by Crippen LogP contribution is -1.94. The van der Waals surface area contributed by atoms with Crippen molar-refractivity contribution in [1.82, 2.24) is 19.9 Å². The van der Waals surface area contributed by atoms with E-state index in [0.717, 1.165) is 5.56 Å². The number of H-pyrrole nitrogens is 1. The van der Waals surface area contributed by atoms with Crippen molar-refractivity contribution in [2.75, 3.05) is 0 Å². The smallest absolute Gasteiger partial charge is 0.400 e. The molecule has 3 aromatic heterocycles. The Balaban J connectivity index is 1.95. The molecule has 0 aliphatic heterocycles. The standard InChI is InChI=1S/C12H8N6O3S/c19-18(20)10-4-3-9(21-10)7-14-17-11(15-16-12(17)22)8-2-1-5-13-6-8/h1-7H,(H,16,22)/b14-7+. The van der Waals surface area contributed by atoms with Crippen molar-refractivity contribution < 1.29 is 9.34 Å². The highest BCUT2D eigenvalue weighted by atomic mass is 32.1. The second kappa shape index (κ2) is 5.69. The summed E-state index contributed by atoms with van der Waals surface area (Å²) in [5.74, 6) is 0.340. The summed E-state index contributed by atoms with van der Waals surface area (Å²) >= 11 is 5.11. The topological polar surface area (TPSA) is 115 Å². The van der Waals surface area contributed by atoms with E-state index in [1.54, 1.807) is 18.5 Å². The number of nitro groups is 1. The van der Waals surface area contributed by atoms with Gasteiger partial charge in [0, 0.05) is 18.0 Å². The Morgan fingerprint density at radius 3 is 3.00 bits per heavy atom. The summed E-state index contributed by atoms with van der Waals surface area (Å²) < 4.78 is 6.64. The normalized spacial score (nSPS) is 11.1. The quantitative estimate of drug-likeness (QED) is 0.342. The SMILES string of the molecule is O=[N+]([O-])c1ccc(/C=N/n2c(-c3cccnc3)n[nH]c2=S)o1. The predicted molar refractivity (Wildman–Crippen MR) is 79.0 cm³/mol. The summed E-state index contributed by atoms with van der Waals surface area (Å²) in [7, 11) is 0. The number of furan rings is 1. The molecule has 22 heavy (non-hydrogen) atoms. The first kappa shape index (κ1) is 13.8. The van der Waals surface area contributed by atoms with E-state index in [4.69, 9.17) is 16.6 Å². The van der Waals surface area contributed by atoms with Crippen LogP contribution in [0.25, 0.3) is 11.4 Å². The number of nitrogens with one attached hydrogen (secondary N) is 1. The molecule has 0 aliphatic rings. The van der Waals surface area contributed by atoms with Gasteiger partial charge in [-0.05, 0) is 30.4 Å².